The number of piperidine rings is 2. The predicted molar refractivity (Wildman–Crippen MR) is 96.0 cm³/mol. The lowest BCUT2D eigenvalue weighted by atomic mass is 9.77. The topological polar surface area (TPSA) is 26.8 Å². The van der Waals surface area contributed by atoms with Crippen LogP contribution in [0.25, 0.3) is 0 Å². The highest BCUT2D eigenvalue weighted by Crippen LogP contribution is 2.42. The fraction of sp³-hybridized carbons (Fsp3) is 0.650. The third-order valence-corrected chi connectivity index (χ3v) is 6.42. The lowest BCUT2D eigenvalue weighted by Crippen LogP contribution is -2.59. The van der Waals surface area contributed by atoms with Crippen LogP contribution in [0.4, 0.5) is 4.79 Å². The van der Waals surface area contributed by atoms with E-state index >= 15 is 0 Å². The molecule has 4 heteroatoms. The lowest BCUT2D eigenvalue weighted by Gasteiger charge is -2.52. The first-order valence-electron chi connectivity index (χ1n) is 9.52. The van der Waals surface area contributed by atoms with Crippen molar-refractivity contribution in [2.24, 2.45) is 5.92 Å². The van der Waals surface area contributed by atoms with Crippen LogP contribution in [0.1, 0.15) is 43.4 Å². The summed E-state index contributed by atoms with van der Waals surface area (Å²) >= 11 is 0. The summed E-state index contributed by atoms with van der Waals surface area (Å²) in [5, 5.41) is 0. The van der Waals surface area contributed by atoms with E-state index < -0.39 is 0 Å². The molecule has 2 amide bonds. The fourth-order valence-corrected chi connectivity index (χ4v) is 4.99. The van der Waals surface area contributed by atoms with E-state index in [-0.39, 0.29) is 6.03 Å². The zero-order chi connectivity index (χ0) is 16.7. The standard InChI is InChI=1S/C20H29N3O/c1-3-21(2)20(24)23-11-6-8-16-14-22-12-10-15-7-4-5-9-17(15)19(22)13-18(16)23/h4-5,7,9,16,18-19H,3,6,8,10-14H2,1-2H3. The summed E-state index contributed by atoms with van der Waals surface area (Å²) in [6.07, 6.45) is 4.70. The summed E-state index contributed by atoms with van der Waals surface area (Å²) < 4.78 is 0. The van der Waals surface area contributed by atoms with Gasteiger partial charge in [-0.1, -0.05) is 24.3 Å². The van der Waals surface area contributed by atoms with Gasteiger partial charge in [-0.15, -0.1) is 0 Å². The van der Waals surface area contributed by atoms with Crippen molar-refractivity contribution in [3.63, 3.8) is 0 Å². The molecule has 2 fully saturated rings. The number of rotatable bonds is 1. The molecule has 0 N–H and O–H groups in total. The number of nitrogens with zero attached hydrogens (tertiary/aromatic N) is 3. The molecule has 0 spiro atoms. The van der Waals surface area contributed by atoms with Crippen LogP contribution < -0.4 is 0 Å². The highest BCUT2D eigenvalue weighted by atomic mass is 16.2. The summed E-state index contributed by atoms with van der Waals surface area (Å²) in [4.78, 5) is 19.6. The number of hydrogen-bond acceptors (Lipinski definition) is 2. The van der Waals surface area contributed by atoms with Gasteiger partial charge in [0.15, 0.2) is 0 Å². The normalized spacial score (nSPS) is 29.4. The van der Waals surface area contributed by atoms with Crippen molar-refractivity contribution < 1.29 is 4.79 Å². The Balaban J connectivity index is 1.60. The zero-order valence-electron chi connectivity index (χ0n) is 14.9. The maximum Gasteiger partial charge on any atom is 0.319 e. The maximum absolute atomic E-state index is 12.8. The molecule has 4 rings (SSSR count). The minimum atomic E-state index is 0.227. The molecule has 0 saturated carbocycles. The molecule has 3 atom stereocenters. The molecule has 3 unspecified atom stereocenters. The molecular formula is C20H29N3O. The summed E-state index contributed by atoms with van der Waals surface area (Å²) in [5.41, 5.74) is 3.01. The Kier molecular flexibility index (Phi) is 4.25. The van der Waals surface area contributed by atoms with Gasteiger partial charge in [-0.2, -0.15) is 0 Å². The molecule has 0 aromatic heterocycles. The SMILES string of the molecule is CCN(C)C(=O)N1CCCC2CN3CCc4ccccc4C3CC21. The van der Waals surface area contributed by atoms with Crippen molar-refractivity contribution in [1.29, 1.82) is 0 Å². The zero-order valence-corrected chi connectivity index (χ0v) is 14.9. The molecule has 2 saturated heterocycles. The van der Waals surface area contributed by atoms with Crippen LogP contribution in [0, 0.1) is 5.92 Å². The van der Waals surface area contributed by atoms with Crippen LogP contribution in [-0.4, -0.2) is 60.0 Å². The number of carbonyl (C=O) groups excluding carboxylic acids is 1. The Labute approximate surface area is 145 Å². The van der Waals surface area contributed by atoms with Crippen molar-refractivity contribution in [2.75, 3.05) is 33.2 Å². The molecule has 0 bridgehead atoms. The number of amides is 2. The van der Waals surface area contributed by atoms with E-state index in [0.29, 0.717) is 18.0 Å². The van der Waals surface area contributed by atoms with Crippen molar-refractivity contribution in [3.05, 3.63) is 35.4 Å². The number of hydrogen-bond donors (Lipinski definition) is 0. The van der Waals surface area contributed by atoms with Crippen LogP contribution in [-0.2, 0) is 6.42 Å². The first kappa shape index (κ1) is 15.9. The van der Waals surface area contributed by atoms with Crippen LogP contribution in [0.2, 0.25) is 0 Å². The largest absolute Gasteiger partial charge is 0.328 e. The van der Waals surface area contributed by atoms with Gasteiger partial charge in [-0.05, 0) is 49.7 Å². The molecule has 4 nitrogen and oxygen atoms in total. The van der Waals surface area contributed by atoms with Gasteiger partial charge in [0.25, 0.3) is 0 Å². The number of benzene rings is 1. The van der Waals surface area contributed by atoms with Crippen molar-refractivity contribution >= 4 is 6.03 Å². The van der Waals surface area contributed by atoms with E-state index in [9.17, 15) is 4.79 Å². The Morgan fingerprint density at radius 3 is 2.96 bits per heavy atom. The molecule has 3 aliphatic rings. The van der Waals surface area contributed by atoms with Crippen molar-refractivity contribution in [2.45, 2.75) is 44.7 Å². The fourth-order valence-electron chi connectivity index (χ4n) is 4.99. The summed E-state index contributed by atoms with van der Waals surface area (Å²) in [6.45, 7) is 6.10. The molecule has 1 aromatic carbocycles. The molecule has 24 heavy (non-hydrogen) atoms. The van der Waals surface area contributed by atoms with Crippen molar-refractivity contribution in [3.8, 4) is 0 Å². The van der Waals surface area contributed by atoms with Gasteiger partial charge >= 0.3 is 6.03 Å². The Morgan fingerprint density at radius 2 is 2.12 bits per heavy atom. The van der Waals surface area contributed by atoms with Crippen LogP contribution in [0.3, 0.4) is 0 Å². The van der Waals surface area contributed by atoms with E-state index in [2.05, 4.69) is 41.0 Å². The smallest absolute Gasteiger partial charge is 0.319 e. The van der Waals surface area contributed by atoms with Gasteiger partial charge in [0.1, 0.15) is 0 Å². The number of carbonyl (C=O) groups is 1. The van der Waals surface area contributed by atoms with E-state index in [1.54, 1.807) is 0 Å². The highest BCUT2D eigenvalue weighted by molar-refractivity contribution is 5.74. The second-order valence-corrected chi connectivity index (χ2v) is 7.66. The van der Waals surface area contributed by atoms with E-state index in [0.717, 1.165) is 32.5 Å². The van der Waals surface area contributed by atoms with Crippen LogP contribution in [0.5, 0.6) is 0 Å². The molecule has 0 radical (unpaired) electrons. The molecule has 0 aliphatic carbocycles. The molecule has 3 aliphatic heterocycles. The van der Waals surface area contributed by atoms with Gasteiger partial charge in [-0.25, -0.2) is 4.79 Å². The second kappa shape index (κ2) is 6.40. The number of fused-ring (bicyclic) bond motifs is 4. The molecule has 1 aromatic rings. The first-order valence-corrected chi connectivity index (χ1v) is 9.52. The summed E-state index contributed by atoms with van der Waals surface area (Å²) in [7, 11) is 1.93. The van der Waals surface area contributed by atoms with Crippen LogP contribution in [0.15, 0.2) is 24.3 Å². The van der Waals surface area contributed by atoms with Crippen molar-refractivity contribution in [1.82, 2.24) is 14.7 Å². The van der Waals surface area contributed by atoms with Crippen LogP contribution >= 0.6 is 0 Å². The maximum atomic E-state index is 12.8. The Morgan fingerprint density at radius 1 is 1.29 bits per heavy atom. The number of urea groups is 1. The quantitative estimate of drug-likeness (QED) is 0.792. The van der Waals surface area contributed by atoms with Gasteiger partial charge in [0, 0.05) is 45.3 Å². The third kappa shape index (κ3) is 2.61. The van der Waals surface area contributed by atoms with E-state index in [4.69, 9.17) is 0 Å². The van der Waals surface area contributed by atoms with Gasteiger partial charge in [-0.3, -0.25) is 4.90 Å². The molecular weight excluding hydrogens is 298 g/mol. The van der Waals surface area contributed by atoms with Gasteiger partial charge < -0.3 is 9.80 Å². The average molecular weight is 327 g/mol. The summed E-state index contributed by atoms with van der Waals surface area (Å²) in [5.74, 6) is 0.648. The third-order valence-electron chi connectivity index (χ3n) is 6.42. The van der Waals surface area contributed by atoms with Gasteiger partial charge in [0.05, 0.1) is 0 Å². The lowest BCUT2D eigenvalue weighted by molar-refractivity contribution is 0.000241. The molecule has 130 valence electrons. The van der Waals surface area contributed by atoms with E-state index in [1.807, 2.05) is 11.9 Å². The predicted octanol–water partition coefficient (Wildman–Crippen LogP) is 3.14. The first-order chi connectivity index (χ1) is 11.7. The summed E-state index contributed by atoms with van der Waals surface area (Å²) in [6, 6.07) is 10.1. The molecule has 3 heterocycles. The monoisotopic (exact) mass is 327 g/mol. The van der Waals surface area contributed by atoms with Gasteiger partial charge in [0.2, 0.25) is 0 Å². The minimum Gasteiger partial charge on any atom is -0.328 e. The second-order valence-electron chi connectivity index (χ2n) is 7.66. The minimum absolute atomic E-state index is 0.227. The average Bonchev–Trinajstić information content (AvgIpc) is 2.64. The highest BCUT2D eigenvalue weighted by Gasteiger charge is 2.44. The Bertz CT molecular complexity index is 617. The Hall–Kier alpha value is -1.55. The van der Waals surface area contributed by atoms with E-state index in [1.165, 1.54) is 30.5 Å². The number of likely N-dealkylation sites (tertiary alicyclic amines) is 1.